The van der Waals surface area contributed by atoms with Gasteiger partial charge in [0.25, 0.3) is 0 Å². The fourth-order valence-corrected chi connectivity index (χ4v) is 1.67. The summed E-state index contributed by atoms with van der Waals surface area (Å²) in [5.41, 5.74) is 6.78. The molecule has 1 rings (SSSR count). The second-order valence-corrected chi connectivity index (χ2v) is 4.07. The van der Waals surface area contributed by atoms with Crippen molar-refractivity contribution in [1.82, 2.24) is 9.88 Å². The number of aromatic nitrogens is 1. The molecule has 1 atom stereocenters. The van der Waals surface area contributed by atoms with E-state index in [-0.39, 0.29) is 11.8 Å². The zero-order valence-corrected chi connectivity index (χ0v) is 10.1. The Kier molecular flexibility index (Phi) is 5.05. The molecular weight excluding hydrogens is 202 g/mol. The Bertz CT molecular complexity index is 304. The van der Waals surface area contributed by atoms with Crippen LogP contribution in [-0.4, -0.2) is 35.9 Å². The molecule has 1 aromatic heterocycles. The molecule has 0 spiro atoms. The molecule has 0 aromatic carbocycles. The van der Waals surface area contributed by atoms with Crippen molar-refractivity contribution in [3.63, 3.8) is 0 Å². The number of aromatic amines is 1. The van der Waals surface area contributed by atoms with Crippen LogP contribution in [0.25, 0.3) is 0 Å². The Hall–Kier alpha value is -1.29. The minimum atomic E-state index is -0.0313. The molecule has 0 saturated carbocycles. The predicted octanol–water partition coefficient (Wildman–Crippen LogP) is 1.00. The van der Waals surface area contributed by atoms with Gasteiger partial charge in [0.05, 0.1) is 5.92 Å². The zero-order valence-electron chi connectivity index (χ0n) is 10.1. The normalized spacial score (nSPS) is 12.4. The number of hydrogen-bond donors (Lipinski definition) is 2. The van der Waals surface area contributed by atoms with E-state index in [9.17, 15) is 4.79 Å². The summed E-state index contributed by atoms with van der Waals surface area (Å²) in [5.74, 6) is 0.122. The molecule has 90 valence electrons. The quantitative estimate of drug-likeness (QED) is 0.755. The average molecular weight is 223 g/mol. The molecule has 1 heterocycles. The van der Waals surface area contributed by atoms with Crippen molar-refractivity contribution in [3.05, 3.63) is 24.0 Å². The van der Waals surface area contributed by atoms with Crippen molar-refractivity contribution in [2.45, 2.75) is 19.8 Å². The van der Waals surface area contributed by atoms with Crippen LogP contribution in [0.2, 0.25) is 0 Å². The SMILES string of the molecule is CCC(CN)C(=O)N(C)CCc1cc[nH]c1. The van der Waals surface area contributed by atoms with E-state index >= 15 is 0 Å². The predicted molar refractivity (Wildman–Crippen MR) is 65.0 cm³/mol. The third kappa shape index (κ3) is 3.38. The van der Waals surface area contributed by atoms with Gasteiger partial charge in [-0.2, -0.15) is 0 Å². The lowest BCUT2D eigenvalue weighted by molar-refractivity contribution is -0.133. The van der Waals surface area contributed by atoms with E-state index in [2.05, 4.69) is 4.98 Å². The summed E-state index contributed by atoms with van der Waals surface area (Å²) in [5, 5.41) is 0. The number of nitrogens with zero attached hydrogens (tertiary/aromatic N) is 1. The average Bonchev–Trinajstić information content (AvgIpc) is 2.80. The maximum absolute atomic E-state index is 11.9. The number of H-pyrrole nitrogens is 1. The van der Waals surface area contributed by atoms with Crippen LogP contribution in [0.4, 0.5) is 0 Å². The molecule has 4 heteroatoms. The van der Waals surface area contributed by atoms with Crippen molar-refractivity contribution < 1.29 is 4.79 Å². The lowest BCUT2D eigenvalue weighted by Gasteiger charge is -2.21. The zero-order chi connectivity index (χ0) is 12.0. The minimum absolute atomic E-state index is 0.0313. The highest BCUT2D eigenvalue weighted by molar-refractivity contribution is 5.78. The first kappa shape index (κ1) is 12.8. The van der Waals surface area contributed by atoms with Crippen LogP contribution in [-0.2, 0) is 11.2 Å². The standard InChI is InChI=1S/C12H21N3O/c1-3-11(8-13)12(16)15(2)7-5-10-4-6-14-9-10/h4,6,9,11,14H,3,5,7-8,13H2,1-2H3. The van der Waals surface area contributed by atoms with Gasteiger partial charge in [0.1, 0.15) is 0 Å². The second kappa shape index (κ2) is 6.33. The molecule has 16 heavy (non-hydrogen) atoms. The number of amides is 1. The summed E-state index contributed by atoms with van der Waals surface area (Å²) < 4.78 is 0. The number of hydrogen-bond acceptors (Lipinski definition) is 2. The van der Waals surface area contributed by atoms with E-state index in [1.165, 1.54) is 5.56 Å². The van der Waals surface area contributed by atoms with E-state index in [1.54, 1.807) is 4.90 Å². The van der Waals surface area contributed by atoms with Gasteiger partial charge in [-0.25, -0.2) is 0 Å². The fraction of sp³-hybridized carbons (Fsp3) is 0.583. The Balaban J connectivity index is 2.39. The monoisotopic (exact) mass is 223 g/mol. The van der Waals surface area contributed by atoms with Gasteiger partial charge in [-0.15, -0.1) is 0 Å². The summed E-state index contributed by atoms with van der Waals surface area (Å²) in [6.45, 7) is 3.17. The molecule has 0 aliphatic carbocycles. The van der Waals surface area contributed by atoms with Crippen LogP contribution in [0.1, 0.15) is 18.9 Å². The smallest absolute Gasteiger partial charge is 0.226 e. The van der Waals surface area contributed by atoms with Crippen molar-refractivity contribution in [3.8, 4) is 0 Å². The Morgan fingerprint density at radius 3 is 2.88 bits per heavy atom. The first-order valence-electron chi connectivity index (χ1n) is 5.75. The number of nitrogens with two attached hydrogens (primary N) is 1. The number of nitrogens with one attached hydrogen (secondary N) is 1. The van der Waals surface area contributed by atoms with E-state index in [0.717, 1.165) is 19.4 Å². The summed E-state index contributed by atoms with van der Waals surface area (Å²) in [4.78, 5) is 16.7. The molecule has 0 saturated heterocycles. The molecular formula is C12H21N3O. The molecule has 0 fully saturated rings. The Morgan fingerprint density at radius 1 is 1.62 bits per heavy atom. The largest absolute Gasteiger partial charge is 0.367 e. The van der Waals surface area contributed by atoms with Gasteiger partial charge < -0.3 is 15.6 Å². The molecule has 0 aliphatic rings. The highest BCUT2D eigenvalue weighted by Gasteiger charge is 2.18. The van der Waals surface area contributed by atoms with E-state index in [1.807, 2.05) is 32.4 Å². The molecule has 0 bridgehead atoms. The lowest BCUT2D eigenvalue weighted by atomic mass is 10.1. The summed E-state index contributed by atoms with van der Waals surface area (Å²) in [7, 11) is 1.84. The summed E-state index contributed by atoms with van der Waals surface area (Å²) >= 11 is 0. The molecule has 0 aliphatic heterocycles. The lowest BCUT2D eigenvalue weighted by Crippen LogP contribution is -2.37. The maximum atomic E-state index is 11.9. The first-order chi connectivity index (χ1) is 7.69. The fourth-order valence-electron chi connectivity index (χ4n) is 1.67. The van der Waals surface area contributed by atoms with Gasteiger partial charge in [0.15, 0.2) is 0 Å². The third-order valence-electron chi connectivity index (χ3n) is 2.90. The second-order valence-electron chi connectivity index (χ2n) is 4.07. The van der Waals surface area contributed by atoms with Crippen molar-refractivity contribution in [2.75, 3.05) is 20.1 Å². The van der Waals surface area contributed by atoms with E-state index < -0.39 is 0 Å². The first-order valence-corrected chi connectivity index (χ1v) is 5.75. The summed E-state index contributed by atoms with van der Waals surface area (Å²) in [6.07, 6.45) is 5.54. The molecule has 1 amide bonds. The van der Waals surface area contributed by atoms with Crippen LogP contribution in [0, 0.1) is 5.92 Å². The topological polar surface area (TPSA) is 62.1 Å². The minimum Gasteiger partial charge on any atom is -0.367 e. The van der Waals surface area contributed by atoms with Crippen LogP contribution >= 0.6 is 0 Å². The van der Waals surface area contributed by atoms with Crippen LogP contribution < -0.4 is 5.73 Å². The maximum Gasteiger partial charge on any atom is 0.226 e. The van der Waals surface area contributed by atoms with Gasteiger partial charge in [-0.3, -0.25) is 4.79 Å². The highest BCUT2D eigenvalue weighted by Crippen LogP contribution is 2.06. The molecule has 1 unspecified atom stereocenters. The molecule has 4 nitrogen and oxygen atoms in total. The van der Waals surface area contributed by atoms with Gasteiger partial charge >= 0.3 is 0 Å². The van der Waals surface area contributed by atoms with E-state index in [0.29, 0.717) is 6.54 Å². The van der Waals surface area contributed by atoms with Gasteiger partial charge in [-0.1, -0.05) is 6.92 Å². The molecule has 0 radical (unpaired) electrons. The number of likely N-dealkylation sites (N-methyl/N-ethyl adjacent to an activating group) is 1. The third-order valence-corrected chi connectivity index (χ3v) is 2.90. The highest BCUT2D eigenvalue weighted by atomic mass is 16.2. The number of carbonyl (C=O) groups excluding carboxylic acids is 1. The number of rotatable bonds is 6. The van der Waals surface area contributed by atoms with Gasteiger partial charge in [0, 0.05) is 32.5 Å². The Morgan fingerprint density at radius 2 is 2.38 bits per heavy atom. The van der Waals surface area contributed by atoms with Crippen LogP contribution in [0.15, 0.2) is 18.5 Å². The molecule has 1 aromatic rings. The van der Waals surface area contributed by atoms with Crippen LogP contribution in [0.3, 0.4) is 0 Å². The van der Waals surface area contributed by atoms with Crippen molar-refractivity contribution in [2.24, 2.45) is 11.7 Å². The van der Waals surface area contributed by atoms with Gasteiger partial charge in [0.2, 0.25) is 5.91 Å². The summed E-state index contributed by atoms with van der Waals surface area (Å²) in [6, 6.07) is 2.03. The molecule has 3 N–H and O–H groups in total. The number of carbonyl (C=O) groups is 1. The van der Waals surface area contributed by atoms with Crippen molar-refractivity contribution in [1.29, 1.82) is 0 Å². The van der Waals surface area contributed by atoms with Crippen molar-refractivity contribution >= 4 is 5.91 Å². The van der Waals surface area contributed by atoms with E-state index in [4.69, 9.17) is 5.73 Å². The Labute approximate surface area is 96.8 Å². The van der Waals surface area contributed by atoms with Gasteiger partial charge in [-0.05, 0) is 24.5 Å². The van der Waals surface area contributed by atoms with Crippen LogP contribution in [0.5, 0.6) is 0 Å².